The molecule has 0 unspecified atom stereocenters. The van der Waals surface area contributed by atoms with E-state index in [1.54, 1.807) is 0 Å². The third-order valence-corrected chi connectivity index (χ3v) is 9.03. The van der Waals surface area contributed by atoms with Gasteiger partial charge in [0.15, 0.2) is 0 Å². The SMILES string of the molecule is CC(C)(C)c1cc2c(-c3cccc4ccccc34)cccc2[cH-]1.C[Si]C.Cc1cc2c(-c3cccc4ccccc34)ccc(C)c2[cH-]1.[Cl][Zr+2][Cl]. The van der Waals surface area contributed by atoms with E-state index in [-0.39, 0.29) is 5.41 Å². The summed E-state index contributed by atoms with van der Waals surface area (Å²) in [4.78, 5) is 0. The Labute approximate surface area is 319 Å². The third-order valence-electron chi connectivity index (χ3n) is 9.03. The molecule has 2 radical (unpaired) electrons. The van der Waals surface area contributed by atoms with E-state index >= 15 is 0 Å². The van der Waals surface area contributed by atoms with Crippen molar-refractivity contribution in [3.8, 4) is 22.3 Å². The molecule has 250 valence electrons. The van der Waals surface area contributed by atoms with Gasteiger partial charge in [0.1, 0.15) is 0 Å². The maximum atomic E-state index is 4.93. The second-order valence-electron chi connectivity index (χ2n) is 13.7. The summed E-state index contributed by atoms with van der Waals surface area (Å²) in [7, 11) is 11.0. The molecule has 0 amide bonds. The Kier molecular flexibility index (Phi) is 13.1. The Morgan fingerprint density at radius 2 is 1.00 bits per heavy atom. The molecule has 0 nitrogen and oxygen atoms in total. The molecule has 8 rings (SSSR count). The second-order valence-corrected chi connectivity index (χ2v) is 18.4. The fourth-order valence-corrected chi connectivity index (χ4v) is 6.65. The number of aryl methyl sites for hydroxylation is 2. The van der Waals surface area contributed by atoms with Crippen LogP contribution in [0.2, 0.25) is 13.1 Å². The molecule has 8 aromatic carbocycles. The van der Waals surface area contributed by atoms with Gasteiger partial charge in [-0.1, -0.05) is 156 Å². The minimum atomic E-state index is -0.826. The number of fused-ring (bicyclic) bond motifs is 4. The molecule has 4 heteroatoms. The zero-order chi connectivity index (χ0) is 35.8. The first-order valence-corrected chi connectivity index (χ1v) is 25.3. The first-order valence-electron chi connectivity index (χ1n) is 17.0. The molecular formula is C46H44Cl2SiZr. The molecule has 0 bridgehead atoms. The van der Waals surface area contributed by atoms with Gasteiger partial charge >= 0.3 is 37.9 Å². The Morgan fingerprint density at radius 1 is 0.540 bits per heavy atom. The molecule has 0 atom stereocenters. The Bertz CT molecular complexity index is 2320. The van der Waals surface area contributed by atoms with Crippen molar-refractivity contribution in [1.82, 2.24) is 0 Å². The van der Waals surface area contributed by atoms with Crippen molar-refractivity contribution in [3.05, 3.63) is 156 Å². The Morgan fingerprint density at radius 3 is 1.54 bits per heavy atom. The van der Waals surface area contributed by atoms with Gasteiger partial charge in [-0.2, -0.15) is 12.1 Å². The quantitative estimate of drug-likeness (QED) is 0.121. The Balaban J connectivity index is 0.000000169. The van der Waals surface area contributed by atoms with Gasteiger partial charge in [0, 0.05) is 9.52 Å². The van der Waals surface area contributed by atoms with E-state index in [4.69, 9.17) is 17.0 Å². The molecule has 0 heterocycles. The Hall–Kier alpha value is -3.26. The van der Waals surface area contributed by atoms with Crippen LogP contribution in [0.4, 0.5) is 0 Å². The number of hydrogen-bond acceptors (Lipinski definition) is 0. The molecule has 50 heavy (non-hydrogen) atoms. The molecule has 0 aliphatic rings. The predicted molar refractivity (Wildman–Crippen MR) is 222 cm³/mol. The summed E-state index contributed by atoms with van der Waals surface area (Å²) in [6.45, 7) is 15.5. The first kappa shape index (κ1) is 38.0. The number of halogens is 2. The predicted octanol–water partition coefficient (Wildman–Crippen LogP) is 14.8. The van der Waals surface area contributed by atoms with E-state index in [0.29, 0.717) is 0 Å². The van der Waals surface area contributed by atoms with Crippen LogP contribution in [0, 0.1) is 13.8 Å². The fourth-order valence-electron chi connectivity index (χ4n) is 6.65. The van der Waals surface area contributed by atoms with Crippen molar-refractivity contribution in [1.29, 1.82) is 0 Å². The van der Waals surface area contributed by atoms with Gasteiger partial charge < -0.3 is 0 Å². The number of rotatable bonds is 2. The van der Waals surface area contributed by atoms with Crippen molar-refractivity contribution in [3.63, 3.8) is 0 Å². The van der Waals surface area contributed by atoms with E-state index in [1.165, 1.54) is 82.0 Å². The fraction of sp³-hybridized carbons (Fsp3) is 0.174. The molecule has 0 aliphatic heterocycles. The zero-order valence-electron chi connectivity index (χ0n) is 30.0. The van der Waals surface area contributed by atoms with Crippen LogP contribution < -0.4 is 0 Å². The summed E-state index contributed by atoms with van der Waals surface area (Å²) in [6.07, 6.45) is 0. The summed E-state index contributed by atoms with van der Waals surface area (Å²) in [5, 5.41) is 10.7. The third kappa shape index (κ3) is 8.60. The topological polar surface area (TPSA) is 0 Å². The summed E-state index contributed by atoms with van der Waals surface area (Å²) < 4.78 is 0. The molecule has 0 saturated carbocycles. The van der Waals surface area contributed by atoms with E-state index in [0.717, 1.165) is 9.52 Å². The van der Waals surface area contributed by atoms with Gasteiger partial charge in [-0.25, -0.2) is 0 Å². The second kappa shape index (κ2) is 17.3. The first-order chi connectivity index (χ1) is 24.1. The molecule has 8 aromatic rings. The van der Waals surface area contributed by atoms with Gasteiger partial charge in [-0.05, 0) is 38.1 Å². The van der Waals surface area contributed by atoms with Gasteiger partial charge in [-0.3, -0.25) is 0 Å². The summed E-state index contributed by atoms with van der Waals surface area (Å²) in [5.41, 5.74) is 9.57. The standard InChI is InChI=1S/C23H21.C21H17.C2H6Si.2ClH.Zr/c1-23(2,3)18-14-17-10-7-13-21(22(17)15-18)20-12-6-9-16-8-4-5-11-19(16)20;1-14-12-20-15(2)10-11-19(21(20)13-14)18-9-5-7-16-6-3-4-8-17(16)18;1-3-2;;;/h4-15H,1-3H3;3-13H,1-2H3;1-2H3;2*1H;/q2*-1;;;;+4/p-2. The normalized spacial score (nSPS) is 10.9. The molecule has 0 fully saturated rings. The van der Waals surface area contributed by atoms with Crippen LogP contribution in [0.1, 0.15) is 37.5 Å². The molecule has 0 saturated heterocycles. The summed E-state index contributed by atoms with van der Waals surface area (Å²) in [5.74, 6) is 0. The van der Waals surface area contributed by atoms with Crippen LogP contribution in [-0.4, -0.2) is 9.52 Å². The van der Waals surface area contributed by atoms with Crippen LogP contribution in [0.15, 0.2) is 140 Å². The molecule has 0 aliphatic carbocycles. The van der Waals surface area contributed by atoms with Crippen LogP contribution in [-0.2, 0) is 26.3 Å². The average Bonchev–Trinajstić information content (AvgIpc) is 3.74. The van der Waals surface area contributed by atoms with Crippen LogP contribution >= 0.6 is 17.0 Å². The monoisotopic (exact) mass is 784 g/mol. The van der Waals surface area contributed by atoms with Gasteiger partial charge in [0.25, 0.3) is 0 Å². The summed E-state index contributed by atoms with van der Waals surface area (Å²) >= 11 is -0.826. The van der Waals surface area contributed by atoms with E-state index in [1.807, 2.05) is 0 Å². The molecule has 0 spiro atoms. The van der Waals surface area contributed by atoms with Gasteiger partial charge in [0.05, 0.1) is 0 Å². The number of hydrogen-bond donors (Lipinski definition) is 0. The molecule has 0 aromatic heterocycles. The van der Waals surface area contributed by atoms with Crippen LogP contribution in [0.5, 0.6) is 0 Å². The van der Waals surface area contributed by atoms with E-state index in [2.05, 4.69) is 187 Å². The van der Waals surface area contributed by atoms with Gasteiger partial charge in [-0.15, -0.1) is 68.6 Å². The van der Waals surface area contributed by atoms with Crippen molar-refractivity contribution in [2.24, 2.45) is 0 Å². The van der Waals surface area contributed by atoms with E-state index in [9.17, 15) is 0 Å². The van der Waals surface area contributed by atoms with Crippen molar-refractivity contribution in [2.75, 3.05) is 0 Å². The van der Waals surface area contributed by atoms with Crippen LogP contribution in [0.25, 0.3) is 65.3 Å². The minimum absolute atomic E-state index is 0.176. The van der Waals surface area contributed by atoms with Crippen molar-refractivity contribution >= 4 is 69.6 Å². The van der Waals surface area contributed by atoms with Crippen molar-refractivity contribution in [2.45, 2.75) is 53.1 Å². The maximum absolute atomic E-state index is 4.93. The van der Waals surface area contributed by atoms with Gasteiger partial charge in [0.2, 0.25) is 0 Å². The number of benzene rings is 6. The average molecular weight is 787 g/mol. The zero-order valence-corrected chi connectivity index (χ0v) is 35.0. The van der Waals surface area contributed by atoms with Crippen molar-refractivity contribution < 1.29 is 20.8 Å². The molecule has 0 N–H and O–H groups in total. The summed E-state index contributed by atoms with van der Waals surface area (Å²) in [6, 6.07) is 50.8. The van der Waals surface area contributed by atoms with Crippen LogP contribution in [0.3, 0.4) is 0 Å². The van der Waals surface area contributed by atoms with E-state index < -0.39 is 20.8 Å². The molecular weight excluding hydrogens is 743 g/mol.